The lowest BCUT2D eigenvalue weighted by Gasteiger charge is -2.09. The van der Waals surface area contributed by atoms with Crippen LogP contribution < -0.4 is 4.57 Å². The van der Waals surface area contributed by atoms with E-state index < -0.39 is 12.7 Å². The van der Waals surface area contributed by atoms with Crippen molar-refractivity contribution >= 4 is 21.9 Å². The number of aryl methyl sites for hydroxylation is 2. The van der Waals surface area contributed by atoms with Gasteiger partial charge in [0.2, 0.25) is 5.69 Å². The monoisotopic (exact) mass is 321 g/mol. The van der Waals surface area contributed by atoms with E-state index in [1.54, 1.807) is 24.7 Å². The highest BCUT2D eigenvalue weighted by Gasteiger charge is 2.21. The molecule has 4 aromatic rings. The lowest BCUT2D eigenvalue weighted by atomic mass is 9.97. The predicted octanol–water partition coefficient (Wildman–Crippen LogP) is 4.90. The Hall–Kier alpha value is -2.68. The fourth-order valence-electron chi connectivity index (χ4n) is 3.25. The van der Waals surface area contributed by atoms with Gasteiger partial charge in [-0.1, -0.05) is 19.8 Å². The molecule has 0 saturated heterocycles. The van der Waals surface area contributed by atoms with Crippen molar-refractivity contribution in [3.63, 3.8) is 0 Å². The molecule has 0 fully saturated rings. The largest absolute Gasteiger partial charge is 0.454 e. The third kappa shape index (κ3) is 2.20. The summed E-state index contributed by atoms with van der Waals surface area (Å²) >= 11 is 0. The summed E-state index contributed by atoms with van der Waals surface area (Å²) in [5.74, 6) is -1.68. The molecular weight excluding hydrogens is 296 g/mol. The molecule has 0 bridgehead atoms. The molecule has 0 saturated carbocycles. The smallest absolute Gasteiger partial charge is 0.213 e. The van der Waals surface area contributed by atoms with Crippen molar-refractivity contribution in [1.82, 2.24) is 4.98 Å². The van der Waals surface area contributed by atoms with E-state index in [9.17, 15) is 0 Å². The Kier molecular flexibility index (Phi) is 2.49. The van der Waals surface area contributed by atoms with Crippen LogP contribution in [-0.2, 0) is 7.05 Å². The van der Waals surface area contributed by atoms with E-state index in [1.807, 2.05) is 42.8 Å². The van der Waals surface area contributed by atoms with Gasteiger partial charge in [0.25, 0.3) is 0 Å². The fourth-order valence-corrected chi connectivity index (χ4v) is 3.25. The Labute approximate surface area is 147 Å². The summed E-state index contributed by atoms with van der Waals surface area (Å²) in [6, 6.07) is 9.52. The van der Waals surface area contributed by atoms with Crippen LogP contribution in [0, 0.1) is 6.92 Å². The summed E-state index contributed by atoms with van der Waals surface area (Å²) < 4.78 is 39.3. The second-order valence-corrected chi connectivity index (χ2v) is 6.14. The summed E-state index contributed by atoms with van der Waals surface area (Å²) in [7, 11) is 1.87. The second kappa shape index (κ2) is 5.45. The van der Waals surface area contributed by atoms with Crippen LogP contribution in [-0.4, -0.2) is 4.98 Å². The van der Waals surface area contributed by atoms with Crippen LogP contribution in [0.25, 0.3) is 33.2 Å². The normalized spacial score (nSPS) is 17.1. The summed E-state index contributed by atoms with van der Waals surface area (Å²) in [5.41, 5.74) is 4.99. The molecule has 0 spiro atoms. The van der Waals surface area contributed by atoms with Gasteiger partial charge in [0, 0.05) is 34.1 Å². The van der Waals surface area contributed by atoms with Gasteiger partial charge in [-0.15, -0.1) is 0 Å². The van der Waals surface area contributed by atoms with E-state index in [0.717, 1.165) is 38.8 Å². The van der Waals surface area contributed by atoms with Gasteiger partial charge in [0.05, 0.1) is 11.8 Å². The van der Waals surface area contributed by atoms with Crippen LogP contribution in [0.4, 0.5) is 0 Å². The zero-order valence-electron chi connectivity index (χ0n) is 17.9. The van der Waals surface area contributed by atoms with Crippen molar-refractivity contribution in [1.29, 1.82) is 0 Å². The molecule has 0 radical (unpaired) electrons. The first-order chi connectivity index (χ1) is 13.1. The second-order valence-electron chi connectivity index (χ2n) is 6.14. The number of rotatable bonds is 2. The zero-order valence-corrected chi connectivity index (χ0v) is 13.9. The third-order valence-electron chi connectivity index (χ3n) is 4.47. The topological polar surface area (TPSA) is 29.9 Å². The number of hydrogen-bond acceptors (Lipinski definition) is 2. The van der Waals surface area contributed by atoms with Crippen LogP contribution >= 0.6 is 0 Å². The van der Waals surface area contributed by atoms with Crippen LogP contribution in [0.5, 0.6) is 0 Å². The minimum Gasteiger partial charge on any atom is -0.454 e. The molecule has 3 heterocycles. The Morgan fingerprint density at radius 1 is 1.21 bits per heavy atom. The Bertz CT molecular complexity index is 1210. The van der Waals surface area contributed by atoms with Crippen LogP contribution in [0.2, 0.25) is 0 Å². The SMILES string of the molecule is [2H]C([2H])([2H])C([2H])(C)c1ccc(-c2c(C)ccc3oc4cnccc4c23)[n+](C)c1. The van der Waals surface area contributed by atoms with Gasteiger partial charge in [-0.25, -0.2) is 4.57 Å². The van der Waals surface area contributed by atoms with E-state index >= 15 is 0 Å². The van der Waals surface area contributed by atoms with E-state index in [0.29, 0.717) is 5.56 Å². The molecule has 3 heteroatoms. The average molecular weight is 321 g/mol. The molecule has 24 heavy (non-hydrogen) atoms. The van der Waals surface area contributed by atoms with E-state index in [4.69, 9.17) is 9.90 Å². The van der Waals surface area contributed by atoms with Crippen molar-refractivity contribution in [3.05, 3.63) is 60.0 Å². The minimum absolute atomic E-state index is 0.449. The molecule has 1 atom stereocenters. The van der Waals surface area contributed by atoms with E-state index in [-0.39, 0.29) is 0 Å². The standard InChI is InChI=1S/C21H21N2O/c1-13(2)15-6-7-17(23(4)12-15)20-14(3)5-8-18-21(20)16-9-10-22-11-19(16)24-18/h5-13H,1-4H3/q+1/i1D3,13D. The predicted molar refractivity (Wildman–Crippen MR) is 97.0 cm³/mol. The molecule has 4 rings (SSSR count). The molecule has 120 valence electrons. The molecular formula is C21H21N2O+. The Balaban J connectivity index is 1.98. The molecule has 0 N–H and O–H groups in total. The maximum Gasteiger partial charge on any atom is 0.213 e. The molecule has 1 unspecified atom stereocenters. The van der Waals surface area contributed by atoms with Gasteiger partial charge in [-0.3, -0.25) is 4.98 Å². The number of furan rings is 1. The van der Waals surface area contributed by atoms with Crippen molar-refractivity contribution in [2.24, 2.45) is 7.05 Å². The van der Waals surface area contributed by atoms with Crippen molar-refractivity contribution in [2.75, 3.05) is 0 Å². The number of aromatic nitrogens is 2. The van der Waals surface area contributed by atoms with Crippen LogP contribution in [0.15, 0.2) is 53.3 Å². The number of nitrogens with zero attached hydrogens (tertiary/aromatic N) is 2. The Morgan fingerprint density at radius 2 is 2.08 bits per heavy atom. The average Bonchev–Trinajstić information content (AvgIpc) is 3.00. The highest BCUT2D eigenvalue weighted by molar-refractivity contribution is 6.12. The van der Waals surface area contributed by atoms with Crippen molar-refractivity contribution in [2.45, 2.75) is 26.6 Å². The molecule has 0 aliphatic carbocycles. The number of pyridine rings is 2. The van der Waals surface area contributed by atoms with Crippen LogP contribution in [0.1, 0.15) is 36.3 Å². The molecule has 0 aliphatic heterocycles. The Morgan fingerprint density at radius 3 is 2.88 bits per heavy atom. The molecule has 1 aromatic carbocycles. The fraction of sp³-hybridized carbons (Fsp3) is 0.238. The molecule has 3 aromatic heterocycles. The van der Waals surface area contributed by atoms with Gasteiger partial charge in [-0.05, 0) is 36.6 Å². The zero-order chi connectivity index (χ0) is 20.3. The number of hydrogen-bond donors (Lipinski definition) is 0. The van der Waals surface area contributed by atoms with Gasteiger partial charge in [0.1, 0.15) is 12.6 Å². The molecule has 0 aliphatic rings. The molecule has 0 amide bonds. The highest BCUT2D eigenvalue weighted by atomic mass is 16.3. The van der Waals surface area contributed by atoms with E-state index in [1.165, 1.54) is 6.92 Å². The van der Waals surface area contributed by atoms with Gasteiger partial charge < -0.3 is 4.42 Å². The first-order valence-corrected chi connectivity index (χ1v) is 7.87. The van der Waals surface area contributed by atoms with Crippen LogP contribution in [0.3, 0.4) is 0 Å². The van der Waals surface area contributed by atoms with Gasteiger partial charge >= 0.3 is 0 Å². The minimum atomic E-state index is -2.41. The summed E-state index contributed by atoms with van der Waals surface area (Å²) in [4.78, 5) is 4.14. The first-order valence-electron chi connectivity index (χ1n) is 9.87. The lowest BCUT2D eigenvalue weighted by molar-refractivity contribution is -0.660. The van der Waals surface area contributed by atoms with Crippen molar-refractivity contribution in [3.8, 4) is 11.3 Å². The molecule has 3 nitrogen and oxygen atoms in total. The first kappa shape index (κ1) is 11.0. The quantitative estimate of drug-likeness (QED) is 0.491. The maximum absolute atomic E-state index is 8.35. The number of fused-ring (bicyclic) bond motifs is 3. The summed E-state index contributed by atoms with van der Waals surface area (Å²) in [5, 5.41) is 1.99. The van der Waals surface area contributed by atoms with Crippen molar-refractivity contribution < 1.29 is 14.5 Å². The van der Waals surface area contributed by atoms with Gasteiger partial charge in [-0.2, -0.15) is 0 Å². The maximum atomic E-state index is 8.35. The lowest BCUT2D eigenvalue weighted by Crippen LogP contribution is -2.31. The highest BCUT2D eigenvalue weighted by Crippen LogP contribution is 2.37. The van der Waals surface area contributed by atoms with Gasteiger partial charge in [0.15, 0.2) is 11.8 Å². The number of benzene rings is 1. The summed E-state index contributed by atoms with van der Waals surface area (Å²) in [6.07, 6.45) is 5.19. The summed E-state index contributed by atoms with van der Waals surface area (Å²) in [6.45, 7) is 1.06. The van der Waals surface area contributed by atoms with E-state index in [2.05, 4.69) is 4.98 Å². The third-order valence-corrected chi connectivity index (χ3v) is 4.47.